The molecule has 1 aliphatic rings. The van der Waals surface area contributed by atoms with E-state index in [1.54, 1.807) is 6.07 Å². The van der Waals surface area contributed by atoms with Gasteiger partial charge in [0, 0.05) is 39.1 Å². The van der Waals surface area contributed by atoms with Gasteiger partial charge in [-0.1, -0.05) is 0 Å². The number of H-pyrrole nitrogens is 1. The quantitative estimate of drug-likeness (QED) is 0.398. The van der Waals surface area contributed by atoms with Gasteiger partial charge in [-0.05, 0) is 43.2 Å². The van der Waals surface area contributed by atoms with Gasteiger partial charge in [0.05, 0.1) is 28.4 Å². The van der Waals surface area contributed by atoms with Crippen molar-refractivity contribution < 1.29 is 30.0 Å². The smallest absolute Gasteiger partial charge is 0.338 e. The lowest BCUT2D eigenvalue weighted by Gasteiger charge is -2.40. The summed E-state index contributed by atoms with van der Waals surface area (Å²) >= 11 is 0. The molecule has 216 valence electrons. The maximum absolute atomic E-state index is 12.8. The van der Waals surface area contributed by atoms with Crippen molar-refractivity contribution >= 4 is 42.5 Å². The van der Waals surface area contributed by atoms with Crippen LogP contribution in [0.1, 0.15) is 19.3 Å². The number of sulfonamides is 2. The van der Waals surface area contributed by atoms with Gasteiger partial charge in [0.2, 0.25) is 20.0 Å². The van der Waals surface area contributed by atoms with Gasteiger partial charge in [-0.15, -0.1) is 0 Å². The Hall–Kier alpha value is -3.46. The average molecular weight is 602 g/mol. The molecule has 0 saturated carbocycles. The number of halogens is 3. The zero-order valence-corrected chi connectivity index (χ0v) is 23.1. The summed E-state index contributed by atoms with van der Waals surface area (Å²) in [5, 5.41) is 17.3. The molecule has 17 heteroatoms. The molecule has 12 nitrogen and oxygen atoms in total. The van der Waals surface area contributed by atoms with Gasteiger partial charge in [-0.3, -0.25) is 9.48 Å². The van der Waals surface area contributed by atoms with Crippen LogP contribution in [-0.4, -0.2) is 79.3 Å². The Kier molecular flexibility index (Phi) is 7.75. The van der Waals surface area contributed by atoms with Crippen molar-refractivity contribution in [2.75, 3.05) is 38.3 Å². The lowest BCUT2D eigenvalue weighted by Crippen LogP contribution is -2.49. The Morgan fingerprint density at radius 2 is 1.75 bits per heavy atom. The molecule has 0 radical (unpaired) electrons. The van der Waals surface area contributed by atoms with Crippen molar-refractivity contribution in [3.05, 3.63) is 46.9 Å². The molecule has 40 heavy (non-hydrogen) atoms. The molecule has 3 heterocycles. The number of aromatic amines is 1. The zero-order chi connectivity index (χ0) is 29.5. The summed E-state index contributed by atoms with van der Waals surface area (Å²) in [6, 6.07) is 9.38. The SMILES string of the molecule is CN(C)S(=O)(=O)c1ccc(Nc2nn(C3(CC#N)CCN(S(=O)(=O)CC(F)(F)F)CC3)c3cc[nH]c(=O)c23)cc1. The van der Waals surface area contributed by atoms with Crippen LogP contribution >= 0.6 is 0 Å². The van der Waals surface area contributed by atoms with Gasteiger partial charge in [0.25, 0.3) is 5.56 Å². The zero-order valence-electron chi connectivity index (χ0n) is 21.4. The number of hydrogen-bond donors (Lipinski definition) is 2. The van der Waals surface area contributed by atoms with E-state index in [2.05, 4.69) is 21.5 Å². The van der Waals surface area contributed by atoms with Gasteiger partial charge >= 0.3 is 6.18 Å². The molecule has 1 aromatic carbocycles. The first-order valence-electron chi connectivity index (χ1n) is 11.9. The van der Waals surface area contributed by atoms with Crippen molar-refractivity contribution in [1.82, 2.24) is 23.4 Å². The van der Waals surface area contributed by atoms with Gasteiger partial charge in [0.15, 0.2) is 11.6 Å². The first-order valence-corrected chi connectivity index (χ1v) is 15.0. The number of fused-ring (bicyclic) bond motifs is 1. The molecule has 2 N–H and O–H groups in total. The number of rotatable bonds is 8. The third-order valence-electron chi connectivity index (χ3n) is 6.75. The number of nitriles is 1. The summed E-state index contributed by atoms with van der Waals surface area (Å²) in [7, 11) is -5.47. The number of pyridine rings is 1. The highest BCUT2D eigenvalue weighted by molar-refractivity contribution is 7.89. The topological polar surface area (TPSA) is 161 Å². The maximum Gasteiger partial charge on any atom is 0.404 e. The van der Waals surface area contributed by atoms with Gasteiger partial charge < -0.3 is 10.3 Å². The van der Waals surface area contributed by atoms with Crippen LogP contribution in [-0.2, 0) is 25.6 Å². The molecule has 1 saturated heterocycles. The Morgan fingerprint density at radius 3 is 2.30 bits per heavy atom. The van der Waals surface area contributed by atoms with Crippen molar-refractivity contribution in [2.45, 2.75) is 35.9 Å². The molecule has 1 aliphatic heterocycles. The molecule has 0 spiro atoms. The number of alkyl halides is 3. The van der Waals surface area contributed by atoms with E-state index < -0.39 is 43.1 Å². The maximum atomic E-state index is 12.8. The molecule has 4 rings (SSSR count). The first kappa shape index (κ1) is 29.5. The van der Waals surface area contributed by atoms with E-state index >= 15 is 0 Å². The van der Waals surface area contributed by atoms with E-state index in [0.717, 1.165) is 8.61 Å². The highest BCUT2D eigenvalue weighted by atomic mass is 32.2. The van der Waals surface area contributed by atoms with E-state index in [1.165, 1.54) is 49.2 Å². The molecule has 2 aromatic heterocycles. The summed E-state index contributed by atoms with van der Waals surface area (Å²) in [4.78, 5) is 15.4. The highest BCUT2D eigenvalue weighted by Gasteiger charge is 2.44. The van der Waals surface area contributed by atoms with E-state index in [0.29, 0.717) is 11.2 Å². The minimum atomic E-state index is -4.89. The van der Waals surface area contributed by atoms with Crippen LogP contribution in [0.15, 0.2) is 46.2 Å². The van der Waals surface area contributed by atoms with Crippen LogP contribution in [0.3, 0.4) is 0 Å². The van der Waals surface area contributed by atoms with Crippen LogP contribution in [0.2, 0.25) is 0 Å². The average Bonchev–Trinajstić information content (AvgIpc) is 3.23. The molecule has 3 aromatic rings. The Labute approximate surface area is 228 Å². The number of nitrogens with one attached hydrogen (secondary N) is 2. The van der Waals surface area contributed by atoms with Crippen molar-refractivity contribution in [3.63, 3.8) is 0 Å². The minimum absolute atomic E-state index is 0.0161. The molecule has 0 unspecified atom stereocenters. The Bertz CT molecular complexity index is 1720. The van der Waals surface area contributed by atoms with Crippen LogP contribution in [0, 0.1) is 11.3 Å². The lowest BCUT2D eigenvalue weighted by molar-refractivity contribution is -0.107. The number of hydrogen-bond acceptors (Lipinski definition) is 8. The summed E-state index contributed by atoms with van der Waals surface area (Å²) < 4.78 is 91.1. The minimum Gasteiger partial charge on any atom is -0.338 e. The lowest BCUT2D eigenvalue weighted by atomic mass is 9.85. The fraction of sp³-hybridized carbons (Fsp3) is 0.435. The van der Waals surface area contributed by atoms with Crippen LogP contribution in [0.25, 0.3) is 10.9 Å². The third kappa shape index (κ3) is 5.70. The monoisotopic (exact) mass is 601 g/mol. The molecule has 0 amide bonds. The van der Waals surface area contributed by atoms with Gasteiger partial charge in [0.1, 0.15) is 5.39 Å². The van der Waals surface area contributed by atoms with E-state index in [4.69, 9.17) is 0 Å². The Morgan fingerprint density at radius 1 is 1.12 bits per heavy atom. The molecular formula is C23H26F3N7O5S2. The van der Waals surface area contributed by atoms with Crippen molar-refractivity contribution in [3.8, 4) is 6.07 Å². The van der Waals surface area contributed by atoms with Crippen LogP contribution < -0.4 is 10.9 Å². The van der Waals surface area contributed by atoms with E-state index in [9.17, 15) is 40.1 Å². The van der Waals surface area contributed by atoms with Gasteiger partial charge in [-0.2, -0.15) is 23.5 Å². The first-order chi connectivity index (χ1) is 18.6. The number of nitrogens with zero attached hydrogens (tertiary/aromatic N) is 5. The second-order valence-electron chi connectivity index (χ2n) is 9.59. The highest BCUT2D eigenvalue weighted by Crippen LogP contribution is 2.38. The molecule has 1 fully saturated rings. The summed E-state index contributed by atoms with van der Waals surface area (Å²) in [6.07, 6.45) is -3.68. The third-order valence-corrected chi connectivity index (χ3v) is 10.4. The van der Waals surface area contributed by atoms with E-state index in [-0.39, 0.29) is 48.5 Å². The van der Waals surface area contributed by atoms with Crippen LogP contribution in [0.5, 0.6) is 0 Å². The second kappa shape index (κ2) is 10.5. The Balaban J connectivity index is 1.71. The number of aromatic nitrogens is 3. The molecule has 0 atom stereocenters. The molecular weight excluding hydrogens is 575 g/mol. The summed E-state index contributed by atoms with van der Waals surface area (Å²) in [5.41, 5.74) is -0.862. The van der Waals surface area contributed by atoms with Gasteiger partial charge in [-0.25, -0.2) is 25.4 Å². The molecule has 0 bridgehead atoms. The number of piperidine rings is 1. The number of anilines is 2. The van der Waals surface area contributed by atoms with Crippen molar-refractivity contribution in [2.24, 2.45) is 0 Å². The van der Waals surface area contributed by atoms with Crippen LogP contribution in [0.4, 0.5) is 24.7 Å². The van der Waals surface area contributed by atoms with Crippen molar-refractivity contribution in [1.29, 1.82) is 5.26 Å². The largest absolute Gasteiger partial charge is 0.404 e. The normalized spacial score (nSPS) is 16.7. The fourth-order valence-corrected chi connectivity index (χ4v) is 6.91. The van der Waals surface area contributed by atoms with E-state index in [1.807, 2.05) is 0 Å². The second-order valence-corrected chi connectivity index (χ2v) is 13.7. The predicted molar refractivity (Wildman–Crippen MR) is 140 cm³/mol. The summed E-state index contributed by atoms with van der Waals surface area (Å²) in [6.45, 7) is -0.537. The standard InChI is InChI=1S/C23H26F3N7O5S2/c1-31(2)40(37,38)17-5-3-16(4-6-17)29-20-19-18(7-12-28-21(19)34)33(30-20)22(8-11-27)9-13-32(14-10-22)39(35,36)15-23(24,25)26/h3-7,12H,8-10,13-15H2,1-2H3,(H,28,34)(H,29,30). The fourth-order valence-electron chi connectivity index (χ4n) is 4.67. The predicted octanol–water partition coefficient (Wildman–Crippen LogP) is 2.32. The number of benzene rings is 1. The molecule has 0 aliphatic carbocycles. The summed E-state index contributed by atoms with van der Waals surface area (Å²) in [5.74, 6) is -1.88.